The van der Waals surface area contributed by atoms with E-state index in [9.17, 15) is 9.59 Å². The maximum Gasteiger partial charge on any atom is 0.236 e. The van der Waals surface area contributed by atoms with E-state index in [0.29, 0.717) is 31.5 Å². The van der Waals surface area contributed by atoms with Crippen LogP contribution in [0.2, 0.25) is 0 Å². The van der Waals surface area contributed by atoms with Gasteiger partial charge in [0.2, 0.25) is 11.8 Å². The van der Waals surface area contributed by atoms with E-state index in [1.807, 2.05) is 59.4 Å². The Balaban J connectivity index is 1.19. The lowest BCUT2D eigenvalue weighted by molar-refractivity contribution is -0.136. The molecule has 2 aromatic rings. The number of hydrogen-bond acceptors (Lipinski definition) is 5. The van der Waals surface area contributed by atoms with Crippen LogP contribution in [0, 0.1) is 11.8 Å². The van der Waals surface area contributed by atoms with Crippen molar-refractivity contribution in [1.82, 2.24) is 29.4 Å². The molecule has 184 valence electrons. The Hall–Kier alpha value is -2.71. The molecule has 1 aromatic heterocycles. The van der Waals surface area contributed by atoms with E-state index >= 15 is 0 Å². The van der Waals surface area contributed by atoms with E-state index in [1.54, 1.807) is 4.90 Å². The third kappa shape index (κ3) is 6.45. The van der Waals surface area contributed by atoms with Crippen molar-refractivity contribution < 1.29 is 9.59 Å². The average Bonchev–Trinajstić information content (AvgIpc) is 3.28. The molecule has 0 spiro atoms. The summed E-state index contributed by atoms with van der Waals surface area (Å²) in [6.45, 7) is 10.9. The smallest absolute Gasteiger partial charge is 0.236 e. The summed E-state index contributed by atoms with van der Waals surface area (Å²) in [5.74, 6) is 1.52. The predicted molar refractivity (Wildman–Crippen MR) is 132 cm³/mol. The predicted octanol–water partition coefficient (Wildman–Crippen LogP) is 1.95. The number of para-hydroxylation sites is 1. The molecule has 2 atom stereocenters. The van der Waals surface area contributed by atoms with E-state index in [0.717, 1.165) is 50.5 Å². The molecular formula is C26H38N6O2. The van der Waals surface area contributed by atoms with Crippen molar-refractivity contribution in [3.8, 4) is 5.69 Å². The molecule has 2 aliphatic heterocycles. The van der Waals surface area contributed by atoms with E-state index in [2.05, 4.69) is 28.7 Å². The van der Waals surface area contributed by atoms with Gasteiger partial charge in [0.05, 0.1) is 25.0 Å². The number of piperazine rings is 1. The fraction of sp³-hybridized carbons (Fsp3) is 0.577. The lowest BCUT2D eigenvalue weighted by Crippen LogP contribution is -2.53. The normalized spacial score (nSPS) is 22.0. The second-order valence-corrected chi connectivity index (χ2v) is 10.2. The van der Waals surface area contributed by atoms with Crippen molar-refractivity contribution in [2.75, 3.05) is 59.4 Å². The van der Waals surface area contributed by atoms with Gasteiger partial charge >= 0.3 is 0 Å². The number of piperidine rings is 1. The van der Waals surface area contributed by atoms with Crippen molar-refractivity contribution in [2.24, 2.45) is 11.8 Å². The van der Waals surface area contributed by atoms with Crippen LogP contribution in [-0.4, -0.2) is 101 Å². The minimum Gasteiger partial charge on any atom is -0.341 e. The summed E-state index contributed by atoms with van der Waals surface area (Å²) in [7, 11) is 1.84. The van der Waals surface area contributed by atoms with Gasteiger partial charge in [0.1, 0.15) is 0 Å². The van der Waals surface area contributed by atoms with Gasteiger partial charge in [-0.05, 0) is 30.4 Å². The number of nitrogens with zero attached hydrogens (tertiary/aromatic N) is 6. The molecule has 2 fully saturated rings. The zero-order valence-corrected chi connectivity index (χ0v) is 20.8. The second-order valence-electron chi connectivity index (χ2n) is 10.2. The highest BCUT2D eigenvalue weighted by atomic mass is 16.2. The lowest BCUT2D eigenvalue weighted by Gasteiger charge is -2.38. The number of likely N-dealkylation sites (tertiary alicyclic amines) is 1. The summed E-state index contributed by atoms with van der Waals surface area (Å²) in [5.41, 5.74) is 2.01. The maximum absolute atomic E-state index is 12.8. The molecule has 0 N–H and O–H groups in total. The van der Waals surface area contributed by atoms with Crippen LogP contribution in [0.15, 0.2) is 42.7 Å². The molecular weight excluding hydrogens is 428 g/mol. The Labute approximate surface area is 203 Å². The first-order valence-electron chi connectivity index (χ1n) is 12.4. The number of aromatic nitrogens is 2. The third-order valence-electron chi connectivity index (χ3n) is 6.91. The zero-order valence-electron chi connectivity index (χ0n) is 20.8. The highest BCUT2D eigenvalue weighted by Gasteiger charge is 2.28. The zero-order chi connectivity index (χ0) is 24.1. The number of carbonyl (C=O) groups is 2. The average molecular weight is 467 g/mol. The van der Waals surface area contributed by atoms with E-state index < -0.39 is 0 Å². The Bertz CT molecular complexity index is 943. The van der Waals surface area contributed by atoms with E-state index in [-0.39, 0.29) is 11.8 Å². The van der Waals surface area contributed by atoms with Gasteiger partial charge in [0, 0.05) is 64.6 Å². The van der Waals surface area contributed by atoms with Gasteiger partial charge in [-0.1, -0.05) is 32.0 Å². The maximum atomic E-state index is 12.8. The Morgan fingerprint density at radius 2 is 1.59 bits per heavy atom. The van der Waals surface area contributed by atoms with Gasteiger partial charge in [-0.25, -0.2) is 4.68 Å². The van der Waals surface area contributed by atoms with Gasteiger partial charge in [-0.2, -0.15) is 5.10 Å². The van der Waals surface area contributed by atoms with Gasteiger partial charge in [0.15, 0.2) is 0 Å². The SMILES string of the molecule is CC1CC(C)CN(C(=O)CN2CCN(CC(=O)N(C)Cc3cnn(-c4ccccc4)c3)CC2)C1. The monoisotopic (exact) mass is 466 g/mol. The van der Waals surface area contributed by atoms with Gasteiger partial charge in [-0.3, -0.25) is 19.4 Å². The molecule has 2 saturated heterocycles. The largest absolute Gasteiger partial charge is 0.341 e. The fourth-order valence-corrected chi connectivity index (χ4v) is 5.10. The van der Waals surface area contributed by atoms with Crippen molar-refractivity contribution in [1.29, 1.82) is 0 Å². The Morgan fingerprint density at radius 1 is 0.971 bits per heavy atom. The summed E-state index contributed by atoms with van der Waals surface area (Å²) < 4.78 is 1.83. The number of carbonyl (C=O) groups excluding carboxylic acids is 2. The molecule has 34 heavy (non-hydrogen) atoms. The number of benzene rings is 1. The molecule has 0 aliphatic carbocycles. The molecule has 0 bridgehead atoms. The van der Waals surface area contributed by atoms with Crippen LogP contribution in [0.4, 0.5) is 0 Å². The summed E-state index contributed by atoms with van der Waals surface area (Å²) >= 11 is 0. The Morgan fingerprint density at radius 3 is 2.24 bits per heavy atom. The van der Waals surface area contributed by atoms with Crippen LogP contribution < -0.4 is 0 Å². The minimum atomic E-state index is 0.105. The summed E-state index contributed by atoms with van der Waals surface area (Å²) in [6.07, 6.45) is 5.00. The second kappa shape index (κ2) is 11.1. The highest BCUT2D eigenvalue weighted by molar-refractivity contribution is 5.79. The number of hydrogen-bond donors (Lipinski definition) is 0. The quantitative estimate of drug-likeness (QED) is 0.624. The van der Waals surface area contributed by atoms with Crippen molar-refractivity contribution in [2.45, 2.75) is 26.8 Å². The van der Waals surface area contributed by atoms with Crippen LogP contribution in [0.5, 0.6) is 0 Å². The van der Waals surface area contributed by atoms with Crippen LogP contribution in [-0.2, 0) is 16.1 Å². The highest BCUT2D eigenvalue weighted by Crippen LogP contribution is 2.21. The number of rotatable bonds is 7. The topological polar surface area (TPSA) is 64.9 Å². The van der Waals surface area contributed by atoms with E-state index in [4.69, 9.17) is 0 Å². The van der Waals surface area contributed by atoms with Gasteiger partial charge < -0.3 is 9.80 Å². The summed E-state index contributed by atoms with van der Waals surface area (Å²) in [6, 6.07) is 9.96. The summed E-state index contributed by atoms with van der Waals surface area (Å²) in [4.78, 5) is 33.8. The van der Waals surface area contributed by atoms with Crippen LogP contribution in [0.3, 0.4) is 0 Å². The van der Waals surface area contributed by atoms with Crippen molar-refractivity contribution >= 4 is 11.8 Å². The molecule has 2 amide bonds. The minimum absolute atomic E-state index is 0.105. The van der Waals surface area contributed by atoms with Crippen molar-refractivity contribution in [3.05, 3.63) is 48.3 Å². The molecule has 1 aromatic carbocycles. The number of amides is 2. The van der Waals surface area contributed by atoms with Gasteiger partial charge in [-0.15, -0.1) is 0 Å². The molecule has 0 saturated carbocycles. The first-order chi connectivity index (χ1) is 16.4. The Kier molecular flexibility index (Phi) is 8.00. The van der Waals surface area contributed by atoms with Crippen LogP contribution in [0.25, 0.3) is 5.69 Å². The number of likely N-dealkylation sites (N-methyl/N-ethyl adjacent to an activating group) is 1. The first kappa shape index (κ1) is 24.4. The fourth-order valence-electron chi connectivity index (χ4n) is 5.10. The molecule has 8 nitrogen and oxygen atoms in total. The van der Waals surface area contributed by atoms with E-state index in [1.165, 1.54) is 6.42 Å². The third-order valence-corrected chi connectivity index (χ3v) is 6.91. The molecule has 0 radical (unpaired) electrons. The van der Waals surface area contributed by atoms with Crippen LogP contribution >= 0.6 is 0 Å². The lowest BCUT2D eigenvalue weighted by atomic mass is 9.92. The molecule has 3 heterocycles. The molecule has 4 rings (SSSR count). The molecule has 2 unspecified atom stereocenters. The molecule has 8 heteroatoms. The van der Waals surface area contributed by atoms with Gasteiger partial charge in [0.25, 0.3) is 0 Å². The van der Waals surface area contributed by atoms with Crippen molar-refractivity contribution in [3.63, 3.8) is 0 Å². The standard InChI is InChI=1S/C26H38N6O2/c1-21-13-22(2)16-31(15-21)26(34)20-30-11-9-29(10-12-30)19-25(33)28(3)17-23-14-27-32(18-23)24-7-5-4-6-8-24/h4-8,14,18,21-22H,9-13,15-17,19-20H2,1-3H3. The summed E-state index contributed by atoms with van der Waals surface area (Å²) in [5, 5.41) is 4.42. The first-order valence-corrected chi connectivity index (χ1v) is 12.4. The van der Waals surface area contributed by atoms with Crippen LogP contribution in [0.1, 0.15) is 25.8 Å². The molecule has 2 aliphatic rings.